The summed E-state index contributed by atoms with van der Waals surface area (Å²) in [6.07, 6.45) is 0. The maximum absolute atomic E-state index is 12.7. The zero-order valence-electron chi connectivity index (χ0n) is 11.0. The number of hydrogen-bond donors (Lipinski definition) is 1. The van der Waals surface area contributed by atoms with Crippen LogP contribution in [0.2, 0.25) is 5.02 Å². The smallest absolute Gasteiger partial charge is 0.258 e. The van der Waals surface area contributed by atoms with Gasteiger partial charge < -0.3 is 10.2 Å². The number of halogens is 1. The highest BCUT2D eigenvalue weighted by atomic mass is 35.5. The van der Waals surface area contributed by atoms with Gasteiger partial charge >= 0.3 is 0 Å². The first-order valence-electron chi connectivity index (χ1n) is 6.62. The fourth-order valence-corrected chi connectivity index (χ4v) is 2.64. The first-order valence-corrected chi connectivity index (χ1v) is 6.99. The summed E-state index contributed by atoms with van der Waals surface area (Å²) in [5.41, 5.74) is 2.73. The maximum Gasteiger partial charge on any atom is 0.258 e. The van der Waals surface area contributed by atoms with E-state index in [0.717, 1.165) is 24.3 Å². The Kier molecular flexibility index (Phi) is 3.72. The topological polar surface area (TPSA) is 32.3 Å². The lowest BCUT2D eigenvalue weighted by atomic mass is 10.1. The highest BCUT2D eigenvalue weighted by Gasteiger charge is 2.21. The Balaban J connectivity index is 1.99. The number of anilines is 1. The van der Waals surface area contributed by atoms with E-state index in [1.165, 1.54) is 0 Å². The molecule has 0 fully saturated rings. The van der Waals surface area contributed by atoms with E-state index in [0.29, 0.717) is 17.1 Å². The molecule has 2 aromatic carbocycles. The van der Waals surface area contributed by atoms with Gasteiger partial charge in [0.1, 0.15) is 0 Å². The molecule has 20 heavy (non-hydrogen) atoms. The van der Waals surface area contributed by atoms with E-state index in [9.17, 15) is 4.79 Å². The molecule has 1 heterocycles. The van der Waals surface area contributed by atoms with Crippen molar-refractivity contribution in [2.24, 2.45) is 0 Å². The maximum atomic E-state index is 12.7. The van der Waals surface area contributed by atoms with Crippen molar-refractivity contribution in [2.75, 3.05) is 18.0 Å². The van der Waals surface area contributed by atoms with Crippen LogP contribution in [0.4, 0.5) is 5.69 Å². The summed E-state index contributed by atoms with van der Waals surface area (Å²) in [4.78, 5) is 14.5. The van der Waals surface area contributed by atoms with Crippen molar-refractivity contribution in [3.8, 4) is 0 Å². The fourth-order valence-electron chi connectivity index (χ4n) is 2.45. The number of amides is 1. The van der Waals surface area contributed by atoms with Crippen molar-refractivity contribution in [3.63, 3.8) is 0 Å². The van der Waals surface area contributed by atoms with Crippen LogP contribution in [-0.2, 0) is 6.54 Å². The van der Waals surface area contributed by atoms with Gasteiger partial charge in [0.15, 0.2) is 0 Å². The minimum atomic E-state index is -0.0105. The highest BCUT2D eigenvalue weighted by Crippen LogP contribution is 2.24. The quantitative estimate of drug-likeness (QED) is 0.874. The number of rotatable bonds is 1. The average Bonchev–Trinajstić information content (AvgIpc) is 2.69. The van der Waals surface area contributed by atoms with Gasteiger partial charge in [0.05, 0.1) is 0 Å². The number of hydrogen-bond acceptors (Lipinski definition) is 2. The molecule has 0 radical (unpaired) electrons. The molecule has 0 saturated heterocycles. The number of para-hydroxylation sites is 1. The molecular weight excluding hydrogens is 272 g/mol. The summed E-state index contributed by atoms with van der Waals surface area (Å²) in [5, 5.41) is 3.91. The largest absolute Gasteiger partial charge is 0.311 e. The molecule has 3 rings (SSSR count). The predicted octanol–water partition coefficient (Wildman–Crippen LogP) is 3.09. The van der Waals surface area contributed by atoms with Crippen molar-refractivity contribution in [2.45, 2.75) is 6.54 Å². The van der Waals surface area contributed by atoms with Gasteiger partial charge in [-0.05, 0) is 29.8 Å². The van der Waals surface area contributed by atoms with Crippen molar-refractivity contribution in [1.82, 2.24) is 5.32 Å². The third kappa shape index (κ3) is 2.55. The Morgan fingerprint density at radius 3 is 2.85 bits per heavy atom. The molecular formula is C16H15ClN2O. The molecule has 0 bridgehead atoms. The summed E-state index contributed by atoms with van der Waals surface area (Å²) in [5.74, 6) is -0.0105. The molecule has 4 heteroatoms. The van der Waals surface area contributed by atoms with Crippen LogP contribution in [0.25, 0.3) is 0 Å². The molecule has 0 aromatic heterocycles. The van der Waals surface area contributed by atoms with Crippen LogP contribution in [0.1, 0.15) is 15.9 Å². The SMILES string of the molecule is O=C(c1cccc(Cl)c1)N1CCNCc2ccccc21. The van der Waals surface area contributed by atoms with Gasteiger partial charge in [-0.25, -0.2) is 0 Å². The van der Waals surface area contributed by atoms with Crippen LogP contribution in [0.15, 0.2) is 48.5 Å². The first kappa shape index (κ1) is 13.2. The lowest BCUT2D eigenvalue weighted by Gasteiger charge is -2.22. The summed E-state index contributed by atoms with van der Waals surface area (Å²) in [7, 11) is 0. The normalized spacial score (nSPS) is 14.6. The Hall–Kier alpha value is -1.84. The van der Waals surface area contributed by atoms with E-state index >= 15 is 0 Å². The molecule has 1 amide bonds. The van der Waals surface area contributed by atoms with Crippen molar-refractivity contribution >= 4 is 23.2 Å². The lowest BCUT2D eigenvalue weighted by molar-refractivity contribution is 0.0987. The molecule has 3 nitrogen and oxygen atoms in total. The lowest BCUT2D eigenvalue weighted by Crippen LogP contribution is -2.34. The van der Waals surface area contributed by atoms with E-state index in [1.807, 2.05) is 29.2 Å². The van der Waals surface area contributed by atoms with Gasteiger partial charge in [-0.2, -0.15) is 0 Å². The molecule has 1 N–H and O–H groups in total. The summed E-state index contributed by atoms with van der Waals surface area (Å²) in [6.45, 7) is 2.22. The second-order valence-electron chi connectivity index (χ2n) is 4.77. The van der Waals surface area contributed by atoms with Crippen LogP contribution in [0, 0.1) is 0 Å². The summed E-state index contributed by atoms with van der Waals surface area (Å²) in [6, 6.07) is 15.1. The average molecular weight is 287 g/mol. The minimum Gasteiger partial charge on any atom is -0.311 e. The molecule has 1 aliphatic heterocycles. The zero-order valence-corrected chi connectivity index (χ0v) is 11.7. The van der Waals surface area contributed by atoms with Crippen molar-refractivity contribution in [3.05, 3.63) is 64.7 Å². The number of benzene rings is 2. The molecule has 102 valence electrons. The van der Waals surface area contributed by atoms with Crippen LogP contribution in [-0.4, -0.2) is 19.0 Å². The van der Waals surface area contributed by atoms with Crippen LogP contribution < -0.4 is 10.2 Å². The van der Waals surface area contributed by atoms with E-state index in [1.54, 1.807) is 24.3 Å². The van der Waals surface area contributed by atoms with Gasteiger partial charge in [-0.15, -0.1) is 0 Å². The van der Waals surface area contributed by atoms with Gasteiger partial charge in [0, 0.05) is 35.9 Å². The molecule has 0 atom stereocenters. The third-order valence-electron chi connectivity index (χ3n) is 3.43. The molecule has 1 aliphatic rings. The predicted molar refractivity (Wildman–Crippen MR) is 81.3 cm³/mol. The molecule has 0 aliphatic carbocycles. The number of fused-ring (bicyclic) bond motifs is 1. The fraction of sp³-hybridized carbons (Fsp3) is 0.188. The molecule has 2 aromatic rings. The second-order valence-corrected chi connectivity index (χ2v) is 5.21. The molecule has 0 unspecified atom stereocenters. The van der Waals surface area contributed by atoms with E-state index < -0.39 is 0 Å². The Morgan fingerprint density at radius 1 is 1.15 bits per heavy atom. The van der Waals surface area contributed by atoms with Crippen molar-refractivity contribution in [1.29, 1.82) is 0 Å². The van der Waals surface area contributed by atoms with Crippen LogP contribution >= 0.6 is 11.6 Å². The standard InChI is InChI=1S/C16H15ClN2O/c17-14-6-3-5-12(10-14)16(20)19-9-8-18-11-13-4-1-2-7-15(13)19/h1-7,10,18H,8-9,11H2. The molecule has 0 spiro atoms. The van der Waals surface area contributed by atoms with Gasteiger partial charge in [0.2, 0.25) is 0 Å². The Bertz CT molecular complexity index is 642. The number of carbonyl (C=O) groups is 1. The first-order chi connectivity index (χ1) is 9.75. The molecule has 0 saturated carbocycles. The summed E-state index contributed by atoms with van der Waals surface area (Å²) >= 11 is 5.98. The number of carbonyl (C=O) groups excluding carboxylic acids is 1. The van der Waals surface area contributed by atoms with Crippen LogP contribution in [0.3, 0.4) is 0 Å². The number of nitrogens with zero attached hydrogens (tertiary/aromatic N) is 1. The summed E-state index contributed by atoms with van der Waals surface area (Å²) < 4.78 is 0. The highest BCUT2D eigenvalue weighted by molar-refractivity contribution is 6.31. The van der Waals surface area contributed by atoms with Crippen molar-refractivity contribution < 1.29 is 4.79 Å². The minimum absolute atomic E-state index is 0.0105. The van der Waals surface area contributed by atoms with Gasteiger partial charge in [-0.3, -0.25) is 4.79 Å². The third-order valence-corrected chi connectivity index (χ3v) is 3.66. The second kappa shape index (κ2) is 5.65. The zero-order chi connectivity index (χ0) is 13.9. The Morgan fingerprint density at radius 2 is 2.00 bits per heavy atom. The van der Waals surface area contributed by atoms with E-state index in [-0.39, 0.29) is 5.91 Å². The number of nitrogens with one attached hydrogen (secondary N) is 1. The van der Waals surface area contributed by atoms with Gasteiger partial charge in [0.25, 0.3) is 5.91 Å². The Labute approximate surface area is 123 Å². The van der Waals surface area contributed by atoms with E-state index in [4.69, 9.17) is 11.6 Å². The van der Waals surface area contributed by atoms with Crippen LogP contribution in [0.5, 0.6) is 0 Å². The monoisotopic (exact) mass is 286 g/mol. The van der Waals surface area contributed by atoms with E-state index in [2.05, 4.69) is 5.32 Å². The van der Waals surface area contributed by atoms with Gasteiger partial charge in [-0.1, -0.05) is 35.9 Å².